The quantitative estimate of drug-likeness (QED) is 0.789. The first kappa shape index (κ1) is 15.4. The van der Waals surface area contributed by atoms with Crippen LogP contribution >= 0.6 is 0 Å². The van der Waals surface area contributed by atoms with Crippen LogP contribution in [-0.2, 0) is 0 Å². The van der Waals surface area contributed by atoms with Gasteiger partial charge in [-0.15, -0.1) is 0 Å². The van der Waals surface area contributed by atoms with Crippen LogP contribution in [0, 0.1) is 0 Å². The van der Waals surface area contributed by atoms with E-state index in [2.05, 4.69) is 15.0 Å². The van der Waals surface area contributed by atoms with E-state index in [0.29, 0.717) is 30.4 Å². The van der Waals surface area contributed by atoms with E-state index in [0.717, 1.165) is 17.3 Å². The predicted molar refractivity (Wildman–Crippen MR) is 91.8 cm³/mol. The number of hydrogen-bond acceptors (Lipinski definition) is 5. The molecule has 1 unspecified atom stereocenters. The summed E-state index contributed by atoms with van der Waals surface area (Å²) in [5, 5.41) is 1.03. The summed E-state index contributed by atoms with van der Waals surface area (Å²) < 4.78 is 11.0. The van der Waals surface area contributed by atoms with Gasteiger partial charge < -0.3 is 19.4 Å². The third kappa shape index (κ3) is 3.00. The molecule has 1 saturated heterocycles. The number of carbonyl (C=O) groups excluding carboxylic acids is 1. The van der Waals surface area contributed by atoms with Gasteiger partial charge in [0, 0.05) is 48.0 Å². The number of aromatic amines is 1. The number of nitrogens with one attached hydrogen (secondary N) is 1. The molecule has 0 spiro atoms. The van der Waals surface area contributed by atoms with Crippen molar-refractivity contribution in [3.05, 3.63) is 48.4 Å². The zero-order valence-electron chi connectivity index (χ0n) is 13.8. The molecule has 1 aromatic carbocycles. The van der Waals surface area contributed by atoms with Gasteiger partial charge in [-0.2, -0.15) is 0 Å². The lowest BCUT2D eigenvalue weighted by atomic mass is 10.1. The molecular weight excluding hydrogens is 320 g/mol. The first-order valence-electron chi connectivity index (χ1n) is 8.12. The molecule has 4 rings (SSSR count). The van der Waals surface area contributed by atoms with Gasteiger partial charge in [0.15, 0.2) is 0 Å². The van der Waals surface area contributed by atoms with E-state index in [1.165, 1.54) is 7.11 Å². The summed E-state index contributed by atoms with van der Waals surface area (Å²) >= 11 is 0. The number of benzene rings is 1. The molecule has 0 aliphatic carbocycles. The number of nitrogens with zero attached hydrogens (tertiary/aromatic N) is 3. The van der Waals surface area contributed by atoms with Crippen molar-refractivity contribution in [3.8, 4) is 11.8 Å². The number of likely N-dealkylation sites (tertiary alicyclic amines) is 1. The zero-order chi connectivity index (χ0) is 17.2. The van der Waals surface area contributed by atoms with Crippen LogP contribution in [0.1, 0.15) is 16.8 Å². The Hall–Kier alpha value is -3.09. The van der Waals surface area contributed by atoms with Gasteiger partial charge in [0.1, 0.15) is 6.10 Å². The van der Waals surface area contributed by atoms with Crippen LogP contribution in [0.15, 0.2) is 42.9 Å². The van der Waals surface area contributed by atoms with Crippen molar-refractivity contribution in [2.75, 3.05) is 20.2 Å². The van der Waals surface area contributed by atoms with Gasteiger partial charge in [-0.3, -0.25) is 4.79 Å². The minimum absolute atomic E-state index is 0.0142. The third-order valence-electron chi connectivity index (χ3n) is 4.34. The fraction of sp³-hybridized carbons (Fsp3) is 0.278. The predicted octanol–water partition coefficient (Wildman–Crippen LogP) is 2.26. The second-order valence-corrected chi connectivity index (χ2v) is 5.93. The highest BCUT2D eigenvalue weighted by Crippen LogP contribution is 2.25. The molecule has 1 aliphatic heterocycles. The van der Waals surface area contributed by atoms with E-state index in [1.807, 2.05) is 30.5 Å². The van der Waals surface area contributed by atoms with Crippen molar-refractivity contribution in [3.63, 3.8) is 0 Å². The molecule has 1 amide bonds. The highest BCUT2D eigenvalue weighted by molar-refractivity contribution is 5.98. The fourth-order valence-corrected chi connectivity index (χ4v) is 3.07. The molecule has 128 valence electrons. The number of aromatic nitrogens is 3. The van der Waals surface area contributed by atoms with Crippen molar-refractivity contribution in [2.24, 2.45) is 0 Å². The van der Waals surface area contributed by atoms with Crippen LogP contribution in [0.4, 0.5) is 0 Å². The van der Waals surface area contributed by atoms with Gasteiger partial charge in [0.25, 0.3) is 17.7 Å². The summed E-state index contributed by atoms with van der Waals surface area (Å²) in [6.45, 7) is 1.17. The number of carbonyl (C=O) groups is 1. The molecule has 1 N–H and O–H groups in total. The Bertz CT molecular complexity index is 908. The molecule has 2 aromatic heterocycles. The maximum absolute atomic E-state index is 12.7. The smallest absolute Gasteiger partial charge is 0.278 e. The monoisotopic (exact) mass is 338 g/mol. The van der Waals surface area contributed by atoms with Gasteiger partial charge in [0.05, 0.1) is 13.7 Å². The van der Waals surface area contributed by atoms with Crippen LogP contribution in [-0.4, -0.2) is 52.1 Å². The van der Waals surface area contributed by atoms with Gasteiger partial charge in [-0.1, -0.05) is 0 Å². The average molecular weight is 338 g/mol. The van der Waals surface area contributed by atoms with E-state index < -0.39 is 0 Å². The molecule has 0 radical (unpaired) electrons. The Morgan fingerprint density at radius 3 is 2.92 bits per heavy atom. The maximum atomic E-state index is 12.7. The number of ether oxygens (including phenoxy) is 2. The van der Waals surface area contributed by atoms with Gasteiger partial charge in [-0.25, -0.2) is 9.97 Å². The standard InChI is InChI=1S/C18H18N4O3/c1-24-16-17(21-8-7-20-16)25-14-5-9-22(11-14)18(23)13-2-3-15-12(10-13)4-6-19-15/h2-4,6-8,10,14,19H,5,9,11H2,1H3. The molecule has 0 bridgehead atoms. The summed E-state index contributed by atoms with van der Waals surface area (Å²) in [6.07, 6.45) is 5.60. The average Bonchev–Trinajstić information content (AvgIpc) is 3.30. The van der Waals surface area contributed by atoms with Gasteiger partial charge in [-0.05, 0) is 24.3 Å². The summed E-state index contributed by atoms with van der Waals surface area (Å²) in [5.41, 5.74) is 1.71. The topological polar surface area (TPSA) is 80.3 Å². The minimum atomic E-state index is -0.120. The summed E-state index contributed by atoms with van der Waals surface area (Å²) in [5.74, 6) is 0.725. The van der Waals surface area contributed by atoms with E-state index >= 15 is 0 Å². The molecule has 1 aliphatic rings. The Kier molecular flexibility index (Phi) is 3.97. The van der Waals surface area contributed by atoms with E-state index in [4.69, 9.17) is 9.47 Å². The van der Waals surface area contributed by atoms with E-state index in [1.54, 1.807) is 17.3 Å². The van der Waals surface area contributed by atoms with E-state index in [9.17, 15) is 4.79 Å². The Labute approximate surface area is 144 Å². The Balaban J connectivity index is 1.45. The third-order valence-corrected chi connectivity index (χ3v) is 4.34. The highest BCUT2D eigenvalue weighted by atomic mass is 16.5. The number of rotatable bonds is 4. The van der Waals surface area contributed by atoms with Crippen molar-refractivity contribution in [1.82, 2.24) is 19.9 Å². The van der Waals surface area contributed by atoms with Crippen LogP contribution in [0.2, 0.25) is 0 Å². The van der Waals surface area contributed by atoms with Gasteiger partial charge in [0.2, 0.25) is 0 Å². The summed E-state index contributed by atoms with van der Waals surface area (Å²) in [6, 6.07) is 7.65. The first-order chi connectivity index (χ1) is 12.2. The van der Waals surface area contributed by atoms with Crippen LogP contribution in [0.3, 0.4) is 0 Å². The molecule has 3 heterocycles. The fourth-order valence-electron chi connectivity index (χ4n) is 3.07. The Morgan fingerprint density at radius 1 is 1.24 bits per heavy atom. The second kappa shape index (κ2) is 6.43. The number of fused-ring (bicyclic) bond motifs is 1. The van der Waals surface area contributed by atoms with Crippen LogP contribution in [0.25, 0.3) is 10.9 Å². The minimum Gasteiger partial charge on any atom is -0.477 e. The lowest BCUT2D eigenvalue weighted by Crippen LogP contribution is -2.31. The molecular formula is C18H18N4O3. The number of hydrogen-bond donors (Lipinski definition) is 1. The molecule has 3 aromatic rings. The van der Waals surface area contributed by atoms with Crippen molar-refractivity contribution in [2.45, 2.75) is 12.5 Å². The molecule has 0 saturated carbocycles. The molecule has 1 atom stereocenters. The van der Waals surface area contributed by atoms with Crippen LogP contribution < -0.4 is 9.47 Å². The SMILES string of the molecule is COc1nccnc1OC1CCN(C(=O)c2ccc3[nH]ccc3c2)C1. The first-order valence-corrected chi connectivity index (χ1v) is 8.12. The number of methoxy groups -OCH3 is 1. The number of H-pyrrole nitrogens is 1. The molecule has 7 heteroatoms. The normalized spacial score (nSPS) is 17.0. The number of amides is 1. The molecule has 1 fully saturated rings. The van der Waals surface area contributed by atoms with Crippen molar-refractivity contribution < 1.29 is 14.3 Å². The van der Waals surface area contributed by atoms with Crippen LogP contribution in [0.5, 0.6) is 11.8 Å². The lowest BCUT2D eigenvalue weighted by Gasteiger charge is -2.17. The molecule has 25 heavy (non-hydrogen) atoms. The second-order valence-electron chi connectivity index (χ2n) is 5.93. The zero-order valence-corrected chi connectivity index (χ0v) is 13.8. The van der Waals surface area contributed by atoms with E-state index in [-0.39, 0.29) is 12.0 Å². The Morgan fingerprint density at radius 2 is 2.08 bits per heavy atom. The highest BCUT2D eigenvalue weighted by Gasteiger charge is 2.29. The summed E-state index contributed by atoms with van der Waals surface area (Å²) in [7, 11) is 1.53. The lowest BCUT2D eigenvalue weighted by molar-refractivity contribution is 0.0770. The largest absolute Gasteiger partial charge is 0.477 e. The summed E-state index contributed by atoms with van der Waals surface area (Å²) in [4.78, 5) is 25.9. The van der Waals surface area contributed by atoms with Crippen molar-refractivity contribution in [1.29, 1.82) is 0 Å². The molecule has 7 nitrogen and oxygen atoms in total. The van der Waals surface area contributed by atoms with Crippen molar-refractivity contribution >= 4 is 16.8 Å². The van der Waals surface area contributed by atoms with Gasteiger partial charge >= 0.3 is 0 Å². The maximum Gasteiger partial charge on any atom is 0.278 e.